The summed E-state index contributed by atoms with van der Waals surface area (Å²) < 4.78 is 6.83. The number of fused-ring (bicyclic) bond motifs is 1. The monoisotopic (exact) mass is 425 g/mol. The number of hydrogen-bond donors (Lipinski definition) is 0. The molecule has 1 aromatic carbocycles. The number of aromatic nitrogens is 2. The quantitative estimate of drug-likeness (QED) is 0.584. The van der Waals surface area contributed by atoms with Crippen molar-refractivity contribution < 1.29 is 14.3 Å². The second-order valence-corrected chi connectivity index (χ2v) is 8.34. The first kappa shape index (κ1) is 20.3. The van der Waals surface area contributed by atoms with E-state index in [0.29, 0.717) is 16.2 Å². The van der Waals surface area contributed by atoms with E-state index in [2.05, 4.69) is 4.98 Å². The average Bonchev–Trinajstić information content (AvgIpc) is 3.26. The maximum Gasteiger partial charge on any atom is 0.339 e. The number of amides is 1. The third-order valence-electron chi connectivity index (χ3n) is 5.53. The first-order valence-corrected chi connectivity index (χ1v) is 10.9. The molecule has 30 heavy (non-hydrogen) atoms. The first-order valence-electron chi connectivity index (χ1n) is 10.0. The van der Waals surface area contributed by atoms with Crippen molar-refractivity contribution in [2.75, 3.05) is 7.05 Å². The number of esters is 1. The molecule has 0 unspecified atom stereocenters. The highest BCUT2D eigenvalue weighted by atomic mass is 32.1. The molecule has 1 amide bonds. The maximum absolute atomic E-state index is 13.1. The fourth-order valence-electron chi connectivity index (χ4n) is 3.85. The fourth-order valence-corrected chi connectivity index (χ4v) is 4.59. The molecular formula is C22H23N3O4S. The molecule has 1 aliphatic carbocycles. The lowest BCUT2D eigenvalue weighted by Crippen LogP contribution is -2.39. The summed E-state index contributed by atoms with van der Waals surface area (Å²) in [6, 6.07) is 8.24. The van der Waals surface area contributed by atoms with E-state index in [1.165, 1.54) is 28.2 Å². The van der Waals surface area contributed by atoms with E-state index in [1.807, 2.05) is 0 Å². The van der Waals surface area contributed by atoms with Gasteiger partial charge in [0.25, 0.3) is 11.5 Å². The van der Waals surface area contributed by atoms with Gasteiger partial charge in [-0.3, -0.25) is 14.0 Å². The van der Waals surface area contributed by atoms with Crippen molar-refractivity contribution in [2.24, 2.45) is 0 Å². The molecule has 3 aromatic rings. The van der Waals surface area contributed by atoms with Crippen LogP contribution >= 0.6 is 11.3 Å². The van der Waals surface area contributed by atoms with Crippen molar-refractivity contribution in [1.82, 2.24) is 14.3 Å². The Morgan fingerprint density at radius 2 is 1.93 bits per heavy atom. The Hall–Kier alpha value is -3.00. The van der Waals surface area contributed by atoms with E-state index in [0.717, 1.165) is 25.7 Å². The molecule has 0 bridgehead atoms. The van der Waals surface area contributed by atoms with Gasteiger partial charge in [-0.15, -0.1) is 11.3 Å². The Morgan fingerprint density at radius 1 is 1.20 bits per heavy atom. The van der Waals surface area contributed by atoms with Gasteiger partial charge in [-0.2, -0.15) is 0 Å². The number of ether oxygens (including phenoxy) is 1. The molecule has 2 aromatic heterocycles. The second kappa shape index (κ2) is 8.79. The summed E-state index contributed by atoms with van der Waals surface area (Å²) in [6.45, 7) is -0.135. The summed E-state index contributed by atoms with van der Waals surface area (Å²) in [6.07, 6.45) is 7.07. The SMILES string of the molecule is CN(C(=O)c1ccccc1C(=O)OCc1cc(=O)n2ccsc2n1)C1CCCCC1. The fraction of sp³-hybridized carbons (Fsp3) is 0.364. The van der Waals surface area contributed by atoms with Gasteiger partial charge < -0.3 is 9.64 Å². The minimum Gasteiger partial charge on any atom is -0.456 e. The summed E-state index contributed by atoms with van der Waals surface area (Å²) in [5.74, 6) is -0.782. The highest BCUT2D eigenvalue weighted by Crippen LogP contribution is 2.24. The molecule has 156 valence electrons. The van der Waals surface area contributed by atoms with Crippen LogP contribution in [-0.2, 0) is 11.3 Å². The van der Waals surface area contributed by atoms with Crippen LogP contribution in [0.5, 0.6) is 0 Å². The molecule has 0 aliphatic heterocycles. The number of hydrogen-bond acceptors (Lipinski definition) is 6. The Bertz CT molecular complexity index is 1130. The van der Waals surface area contributed by atoms with Crippen molar-refractivity contribution in [2.45, 2.75) is 44.8 Å². The lowest BCUT2D eigenvalue weighted by atomic mass is 9.94. The molecule has 1 saturated carbocycles. The first-order chi connectivity index (χ1) is 14.5. The molecule has 0 radical (unpaired) electrons. The van der Waals surface area contributed by atoms with Crippen LogP contribution in [-0.4, -0.2) is 39.3 Å². The number of nitrogens with zero attached hydrogens (tertiary/aromatic N) is 3. The van der Waals surface area contributed by atoms with Gasteiger partial charge in [-0.25, -0.2) is 9.78 Å². The van der Waals surface area contributed by atoms with Crippen molar-refractivity contribution in [3.8, 4) is 0 Å². The standard InChI is InChI=1S/C22H23N3O4S/c1-24(16-7-3-2-4-8-16)20(27)17-9-5-6-10-18(17)21(28)29-14-15-13-19(26)25-11-12-30-22(25)23-15/h5-6,9-13,16H,2-4,7-8,14H2,1H3. The number of carbonyl (C=O) groups excluding carboxylic acids is 2. The Balaban J connectivity index is 1.50. The van der Waals surface area contributed by atoms with Gasteiger partial charge in [-0.05, 0) is 25.0 Å². The van der Waals surface area contributed by atoms with Crippen LogP contribution in [0.15, 0.2) is 46.7 Å². The van der Waals surface area contributed by atoms with Crippen LogP contribution in [0.25, 0.3) is 4.96 Å². The van der Waals surface area contributed by atoms with Crippen molar-refractivity contribution in [3.63, 3.8) is 0 Å². The third kappa shape index (κ3) is 4.14. The minimum absolute atomic E-state index is 0.135. The average molecular weight is 426 g/mol. The van der Waals surface area contributed by atoms with Gasteiger partial charge in [0.1, 0.15) is 6.61 Å². The second-order valence-electron chi connectivity index (χ2n) is 7.47. The summed E-state index contributed by atoms with van der Waals surface area (Å²) in [7, 11) is 1.80. The summed E-state index contributed by atoms with van der Waals surface area (Å²) in [4.78, 5) is 44.5. The van der Waals surface area contributed by atoms with Crippen LogP contribution in [0.4, 0.5) is 0 Å². The van der Waals surface area contributed by atoms with Gasteiger partial charge in [0.15, 0.2) is 4.96 Å². The van der Waals surface area contributed by atoms with Crippen molar-refractivity contribution in [3.05, 3.63) is 69.1 Å². The van der Waals surface area contributed by atoms with E-state index in [9.17, 15) is 14.4 Å². The zero-order valence-corrected chi connectivity index (χ0v) is 17.6. The highest BCUT2D eigenvalue weighted by Gasteiger charge is 2.26. The molecular weight excluding hydrogens is 402 g/mol. The van der Waals surface area contributed by atoms with E-state index in [1.54, 1.807) is 47.8 Å². The minimum atomic E-state index is -0.607. The number of benzene rings is 1. The normalized spacial score (nSPS) is 14.6. The lowest BCUT2D eigenvalue weighted by Gasteiger charge is -2.31. The highest BCUT2D eigenvalue weighted by molar-refractivity contribution is 7.15. The molecule has 4 rings (SSSR count). The van der Waals surface area contributed by atoms with Crippen LogP contribution in [0.2, 0.25) is 0 Å². The summed E-state index contributed by atoms with van der Waals surface area (Å²) in [5.41, 5.74) is 0.701. The van der Waals surface area contributed by atoms with Gasteiger partial charge in [0, 0.05) is 30.7 Å². The van der Waals surface area contributed by atoms with E-state index < -0.39 is 5.97 Å². The molecule has 7 nitrogen and oxygen atoms in total. The zero-order chi connectivity index (χ0) is 21.1. The van der Waals surface area contributed by atoms with Crippen LogP contribution in [0, 0.1) is 0 Å². The molecule has 0 saturated heterocycles. The summed E-state index contributed by atoms with van der Waals surface area (Å²) >= 11 is 1.33. The predicted octanol–water partition coefficient (Wildman–Crippen LogP) is 3.52. The van der Waals surface area contributed by atoms with Crippen molar-refractivity contribution >= 4 is 28.2 Å². The largest absolute Gasteiger partial charge is 0.456 e. The number of carbonyl (C=O) groups is 2. The number of rotatable bonds is 5. The lowest BCUT2D eigenvalue weighted by molar-refractivity contribution is 0.0460. The molecule has 8 heteroatoms. The number of thiazole rings is 1. The van der Waals surface area contributed by atoms with Crippen LogP contribution < -0.4 is 5.56 Å². The molecule has 0 N–H and O–H groups in total. The molecule has 1 fully saturated rings. The van der Waals surface area contributed by atoms with Gasteiger partial charge in [0.05, 0.1) is 16.8 Å². The van der Waals surface area contributed by atoms with Crippen LogP contribution in [0.1, 0.15) is 58.5 Å². The molecule has 1 aliphatic rings. The Labute approximate surface area is 177 Å². The molecule has 0 spiro atoms. The van der Waals surface area contributed by atoms with Crippen LogP contribution in [0.3, 0.4) is 0 Å². The van der Waals surface area contributed by atoms with E-state index in [-0.39, 0.29) is 29.7 Å². The van der Waals surface area contributed by atoms with Crippen molar-refractivity contribution in [1.29, 1.82) is 0 Å². The topological polar surface area (TPSA) is 81.0 Å². The van der Waals surface area contributed by atoms with Gasteiger partial charge >= 0.3 is 5.97 Å². The maximum atomic E-state index is 13.1. The smallest absolute Gasteiger partial charge is 0.339 e. The molecule has 0 atom stereocenters. The zero-order valence-electron chi connectivity index (χ0n) is 16.7. The Kier molecular flexibility index (Phi) is 5.94. The Morgan fingerprint density at radius 3 is 2.70 bits per heavy atom. The van der Waals surface area contributed by atoms with E-state index in [4.69, 9.17) is 4.74 Å². The van der Waals surface area contributed by atoms with E-state index >= 15 is 0 Å². The van der Waals surface area contributed by atoms with Gasteiger partial charge in [0.2, 0.25) is 0 Å². The third-order valence-corrected chi connectivity index (χ3v) is 6.28. The van der Waals surface area contributed by atoms with Gasteiger partial charge in [-0.1, -0.05) is 31.4 Å². The predicted molar refractivity (Wildman–Crippen MR) is 114 cm³/mol. The molecule has 2 heterocycles. The summed E-state index contributed by atoms with van der Waals surface area (Å²) in [5, 5.41) is 1.77.